The molecule has 6 nitrogen and oxygen atoms in total. The summed E-state index contributed by atoms with van der Waals surface area (Å²) in [5.74, 6) is 2.04. The SMILES string of the molecule is COc1ccccc1CC(=O)N1CCC[C@H](c2ncc3c(n2)CCN(C)C3)C1. The standard InChI is InChI=1S/C22H28N4O2/c1-25-11-9-19-18(14-25)13-23-22(24-19)17-7-5-10-26(15-17)21(27)12-16-6-3-4-8-20(16)28-2/h3-4,6,8,13,17H,5,7,9-12,14-15H2,1-2H3/t17-/m0/s1. The lowest BCUT2D eigenvalue weighted by Crippen LogP contribution is -2.40. The summed E-state index contributed by atoms with van der Waals surface area (Å²) in [6.07, 6.45) is 5.37. The molecule has 0 aliphatic carbocycles. The fourth-order valence-electron chi connectivity index (χ4n) is 4.21. The molecule has 0 spiro atoms. The summed E-state index contributed by atoms with van der Waals surface area (Å²) in [5.41, 5.74) is 3.35. The number of rotatable bonds is 4. The van der Waals surface area contributed by atoms with Crippen molar-refractivity contribution >= 4 is 5.91 Å². The van der Waals surface area contributed by atoms with Crippen molar-refractivity contribution in [3.05, 3.63) is 53.1 Å². The molecule has 4 rings (SSSR count). The van der Waals surface area contributed by atoms with Gasteiger partial charge in [-0.3, -0.25) is 4.79 Å². The molecule has 1 atom stereocenters. The third-order valence-electron chi connectivity index (χ3n) is 5.82. The van der Waals surface area contributed by atoms with Gasteiger partial charge < -0.3 is 14.5 Å². The summed E-state index contributed by atoms with van der Waals surface area (Å²) < 4.78 is 5.39. The summed E-state index contributed by atoms with van der Waals surface area (Å²) in [6, 6.07) is 7.74. The lowest BCUT2D eigenvalue weighted by molar-refractivity contribution is -0.131. The Balaban J connectivity index is 1.45. The van der Waals surface area contributed by atoms with Crippen LogP contribution < -0.4 is 4.74 Å². The third kappa shape index (κ3) is 4.02. The van der Waals surface area contributed by atoms with Gasteiger partial charge >= 0.3 is 0 Å². The smallest absolute Gasteiger partial charge is 0.227 e. The Labute approximate surface area is 166 Å². The highest BCUT2D eigenvalue weighted by atomic mass is 16.5. The number of likely N-dealkylation sites (N-methyl/N-ethyl adjacent to an activating group) is 1. The van der Waals surface area contributed by atoms with Crippen LogP contribution in [-0.4, -0.2) is 59.5 Å². The molecule has 3 heterocycles. The molecule has 2 aliphatic heterocycles. The van der Waals surface area contributed by atoms with Crippen LogP contribution in [0.15, 0.2) is 30.5 Å². The molecule has 0 N–H and O–H groups in total. The third-order valence-corrected chi connectivity index (χ3v) is 5.82. The molecule has 1 fully saturated rings. The van der Waals surface area contributed by atoms with Crippen LogP contribution in [0.25, 0.3) is 0 Å². The van der Waals surface area contributed by atoms with Crippen LogP contribution in [0.1, 0.15) is 41.4 Å². The normalized spacial score (nSPS) is 19.9. The summed E-state index contributed by atoms with van der Waals surface area (Å²) in [6.45, 7) is 3.47. The average molecular weight is 380 g/mol. The zero-order valence-corrected chi connectivity index (χ0v) is 16.7. The molecular formula is C22H28N4O2. The maximum absolute atomic E-state index is 12.9. The number of hydrogen-bond acceptors (Lipinski definition) is 5. The Hall–Kier alpha value is -2.47. The van der Waals surface area contributed by atoms with E-state index < -0.39 is 0 Å². The summed E-state index contributed by atoms with van der Waals surface area (Å²) in [4.78, 5) is 26.7. The maximum atomic E-state index is 12.9. The van der Waals surface area contributed by atoms with Gasteiger partial charge in [0.05, 0.1) is 13.5 Å². The van der Waals surface area contributed by atoms with Crippen molar-refractivity contribution in [2.75, 3.05) is 33.8 Å². The van der Waals surface area contributed by atoms with Crippen LogP contribution >= 0.6 is 0 Å². The number of fused-ring (bicyclic) bond motifs is 1. The van der Waals surface area contributed by atoms with Crippen molar-refractivity contribution in [1.29, 1.82) is 0 Å². The molecule has 0 saturated carbocycles. The van der Waals surface area contributed by atoms with Gasteiger partial charge in [-0.2, -0.15) is 0 Å². The van der Waals surface area contributed by atoms with Crippen molar-refractivity contribution in [2.24, 2.45) is 0 Å². The molecule has 1 saturated heterocycles. The number of para-hydroxylation sites is 1. The van der Waals surface area contributed by atoms with Crippen LogP contribution in [0, 0.1) is 0 Å². The highest BCUT2D eigenvalue weighted by molar-refractivity contribution is 5.79. The predicted octanol–water partition coefficient (Wildman–Crippen LogP) is 2.42. The Morgan fingerprint density at radius 3 is 3.00 bits per heavy atom. The zero-order chi connectivity index (χ0) is 19.5. The van der Waals surface area contributed by atoms with Crippen LogP contribution in [0.5, 0.6) is 5.75 Å². The van der Waals surface area contributed by atoms with Crippen molar-refractivity contribution < 1.29 is 9.53 Å². The highest BCUT2D eigenvalue weighted by Gasteiger charge is 2.28. The molecule has 28 heavy (non-hydrogen) atoms. The Morgan fingerprint density at radius 1 is 1.29 bits per heavy atom. The molecule has 0 radical (unpaired) electrons. The van der Waals surface area contributed by atoms with Gasteiger partial charge in [0.25, 0.3) is 0 Å². The van der Waals surface area contributed by atoms with Gasteiger partial charge in [0, 0.05) is 61.5 Å². The van der Waals surface area contributed by atoms with Crippen molar-refractivity contribution in [1.82, 2.24) is 19.8 Å². The van der Waals surface area contributed by atoms with Gasteiger partial charge in [0.1, 0.15) is 11.6 Å². The monoisotopic (exact) mass is 380 g/mol. The van der Waals surface area contributed by atoms with Gasteiger partial charge in [0.15, 0.2) is 0 Å². The summed E-state index contributed by atoms with van der Waals surface area (Å²) in [5, 5.41) is 0. The lowest BCUT2D eigenvalue weighted by atomic mass is 9.95. The van der Waals surface area contributed by atoms with Crippen LogP contribution in [0.4, 0.5) is 0 Å². The number of carbonyl (C=O) groups excluding carboxylic acids is 1. The Morgan fingerprint density at radius 2 is 2.14 bits per heavy atom. The maximum Gasteiger partial charge on any atom is 0.227 e. The quantitative estimate of drug-likeness (QED) is 0.815. The number of benzene rings is 1. The molecule has 2 aliphatic rings. The van der Waals surface area contributed by atoms with E-state index in [1.807, 2.05) is 35.4 Å². The van der Waals surface area contributed by atoms with E-state index in [0.29, 0.717) is 13.0 Å². The number of carbonyl (C=O) groups is 1. The minimum Gasteiger partial charge on any atom is -0.496 e. The van der Waals surface area contributed by atoms with Gasteiger partial charge in [-0.1, -0.05) is 18.2 Å². The zero-order valence-electron chi connectivity index (χ0n) is 16.7. The lowest BCUT2D eigenvalue weighted by Gasteiger charge is -2.33. The number of piperidine rings is 1. The first-order chi connectivity index (χ1) is 13.6. The van der Waals surface area contributed by atoms with Gasteiger partial charge in [-0.05, 0) is 26.0 Å². The van der Waals surface area contributed by atoms with Crippen molar-refractivity contribution in [3.8, 4) is 5.75 Å². The number of aromatic nitrogens is 2. The minimum absolute atomic E-state index is 0.147. The van der Waals surface area contributed by atoms with Crippen LogP contribution in [0.3, 0.4) is 0 Å². The summed E-state index contributed by atoms with van der Waals surface area (Å²) in [7, 11) is 3.77. The Kier molecular flexibility index (Phi) is 5.57. The number of hydrogen-bond donors (Lipinski definition) is 0. The van der Waals surface area contributed by atoms with E-state index in [1.165, 1.54) is 11.3 Å². The first-order valence-corrected chi connectivity index (χ1v) is 10.1. The van der Waals surface area contributed by atoms with Crippen molar-refractivity contribution in [3.63, 3.8) is 0 Å². The minimum atomic E-state index is 0.147. The molecule has 0 bridgehead atoms. The number of likely N-dealkylation sites (tertiary alicyclic amines) is 1. The fourth-order valence-corrected chi connectivity index (χ4v) is 4.21. The van der Waals surface area contributed by atoms with E-state index in [4.69, 9.17) is 9.72 Å². The van der Waals surface area contributed by atoms with Gasteiger partial charge in [0.2, 0.25) is 5.91 Å². The summed E-state index contributed by atoms with van der Waals surface area (Å²) >= 11 is 0. The molecule has 6 heteroatoms. The van der Waals surface area contributed by atoms with E-state index in [0.717, 1.165) is 56.0 Å². The molecular weight excluding hydrogens is 352 g/mol. The van der Waals surface area contributed by atoms with E-state index in [1.54, 1.807) is 7.11 Å². The largest absolute Gasteiger partial charge is 0.496 e. The second-order valence-corrected chi connectivity index (χ2v) is 7.86. The topological polar surface area (TPSA) is 58.6 Å². The van der Waals surface area contributed by atoms with Crippen molar-refractivity contribution in [2.45, 2.75) is 38.1 Å². The molecule has 1 amide bonds. The second-order valence-electron chi connectivity index (χ2n) is 7.86. The molecule has 1 aromatic heterocycles. The average Bonchev–Trinajstić information content (AvgIpc) is 2.74. The Bertz CT molecular complexity index is 854. The van der Waals surface area contributed by atoms with Crippen LogP contribution in [0.2, 0.25) is 0 Å². The number of methoxy groups -OCH3 is 1. The molecule has 148 valence electrons. The number of ether oxygens (including phenoxy) is 1. The fraction of sp³-hybridized carbons (Fsp3) is 0.500. The predicted molar refractivity (Wildman–Crippen MR) is 107 cm³/mol. The first-order valence-electron chi connectivity index (χ1n) is 10.1. The molecule has 2 aromatic rings. The number of amides is 1. The number of nitrogens with zero attached hydrogens (tertiary/aromatic N) is 4. The highest BCUT2D eigenvalue weighted by Crippen LogP contribution is 2.27. The van der Waals surface area contributed by atoms with E-state index >= 15 is 0 Å². The van der Waals surface area contributed by atoms with E-state index in [-0.39, 0.29) is 11.8 Å². The van der Waals surface area contributed by atoms with E-state index in [2.05, 4.69) is 16.9 Å². The van der Waals surface area contributed by atoms with Gasteiger partial charge in [-0.15, -0.1) is 0 Å². The second kappa shape index (κ2) is 8.27. The van der Waals surface area contributed by atoms with E-state index in [9.17, 15) is 4.79 Å². The molecule has 1 aromatic carbocycles. The molecule has 0 unspecified atom stereocenters. The van der Waals surface area contributed by atoms with Gasteiger partial charge in [-0.25, -0.2) is 9.97 Å². The first kappa shape index (κ1) is 18.9. The van der Waals surface area contributed by atoms with Crippen LogP contribution in [-0.2, 0) is 24.2 Å².